The highest BCUT2D eigenvalue weighted by atomic mass is 28.4. The van der Waals surface area contributed by atoms with Gasteiger partial charge in [-0.05, 0) is 50.2 Å². The standard InChI is InChI=1S/C14H29NOSi/c1-14(2,3)17(4,5)16-12-7-6-9-13-10-8-11-15-13/h6-12H2,1-5H3. The van der Waals surface area contributed by atoms with Crippen LogP contribution in [0.15, 0.2) is 4.99 Å². The van der Waals surface area contributed by atoms with Crippen molar-refractivity contribution in [2.45, 2.75) is 71.0 Å². The molecule has 17 heavy (non-hydrogen) atoms. The number of unbranched alkanes of at least 4 members (excludes halogenated alkanes) is 1. The van der Waals surface area contributed by atoms with Crippen molar-refractivity contribution in [3.8, 4) is 0 Å². The quantitative estimate of drug-likeness (QED) is 0.509. The van der Waals surface area contributed by atoms with Gasteiger partial charge in [-0.1, -0.05) is 20.8 Å². The Hall–Kier alpha value is -0.153. The van der Waals surface area contributed by atoms with Crippen molar-refractivity contribution < 1.29 is 4.43 Å². The minimum Gasteiger partial charge on any atom is -0.417 e. The van der Waals surface area contributed by atoms with Gasteiger partial charge < -0.3 is 4.43 Å². The molecule has 100 valence electrons. The van der Waals surface area contributed by atoms with E-state index in [4.69, 9.17) is 4.43 Å². The Kier molecular flexibility index (Phi) is 5.39. The molecule has 0 unspecified atom stereocenters. The zero-order valence-electron chi connectivity index (χ0n) is 12.3. The third-order valence-electron chi connectivity index (χ3n) is 4.09. The van der Waals surface area contributed by atoms with Gasteiger partial charge in [0.25, 0.3) is 0 Å². The van der Waals surface area contributed by atoms with Gasteiger partial charge in [0.15, 0.2) is 8.32 Å². The molecule has 1 aliphatic rings. The molecule has 3 heteroatoms. The maximum atomic E-state index is 6.16. The van der Waals surface area contributed by atoms with Crippen molar-refractivity contribution in [2.75, 3.05) is 13.2 Å². The molecule has 1 aliphatic heterocycles. The van der Waals surface area contributed by atoms with Crippen LogP contribution in [0.5, 0.6) is 0 Å². The van der Waals surface area contributed by atoms with Gasteiger partial charge in [0.05, 0.1) is 0 Å². The molecule has 0 bridgehead atoms. The average Bonchev–Trinajstić information content (AvgIpc) is 2.68. The minimum absolute atomic E-state index is 0.336. The summed E-state index contributed by atoms with van der Waals surface area (Å²) in [5, 5.41) is 0.336. The molecule has 0 aromatic heterocycles. The van der Waals surface area contributed by atoms with Crippen molar-refractivity contribution in [3.63, 3.8) is 0 Å². The van der Waals surface area contributed by atoms with Gasteiger partial charge in [-0.3, -0.25) is 4.99 Å². The smallest absolute Gasteiger partial charge is 0.191 e. The lowest BCUT2D eigenvalue weighted by atomic mass is 10.1. The molecule has 0 radical (unpaired) electrons. The Morgan fingerprint density at radius 3 is 2.47 bits per heavy atom. The van der Waals surface area contributed by atoms with Gasteiger partial charge in [0.1, 0.15) is 0 Å². The van der Waals surface area contributed by atoms with Crippen LogP contribution in [-0.4, -0.2) is 27.2 Å². The van der Waals surface area contributed by atoms with Gasteiger partial charge in [-0.15, -0.1) is 0 Å². The zero-order chi connectivity index (χ0) is 12.9. The van der Waals surface area contributed by atoms with Gasteiger partial charge in [0.2, 0.25) is 0 Å². The lowest BCUT2D eigenvalue weighted by Gasteiger charge is -2.36. The summed E-state index contributed by atoms with van der Waals surface area (Å²) in [7, 11) is -1.52. The van der Waals surface area contributed by atoms with E-state index in [1.165, 1.54) is 37.8 Å². The predicted molar refractivity (Wildman–Crippen MR) is 78.5 cm³/mol. The molecule has 1 rings (SSSR count). The largest absolute Gasteiger partial charge is 0.417 e. The summed E-state index contributed by atoms with van der Waals surface area (Å²) in [6, 6.07) is 0. The molecule has 0 amide bonds. The van der Waals surface area contributed by atoms with E-state index >= 15 is 0 Å². The van der Waals surface area contributed by atoms with Crippen molar-refractivity contribution >= 4 is 14.0 Å². The topological polar surface area (TPSA) is 21.6 Å². The maximum Gasteiger partial charge on any atom is 0.191 e. The second-order valence-electron chi connectivity index (χ2n) is 6.62. The van der Waals surface area contributed by atoms with Crippen LogP contribution in [0.3, 0.4) is 0 Å². The lowest BCUT2D eigenvalue weighted by Crippen LogP contribution is -2.40. The molecule has 0 saturated heterocycles. The second kappa shape index (κ2) is 6.14. The summed E-state index contributed by atoms with van der Waals surface area (Å²) in [6.45, 7) is 13.5. The van der Waals surface area contributed by atoms with Crippen LogP contribution in [0.4, 0.5) is 0 Å². The molecule has 2 nitrogen and oxygen atoms in total. The summed E-state index contributed by atoms with van der Waals surface area (Å²) in [5.41, 5.74) is 1.44. The number of hydrogen-bond donors (Lipinski definition) is 0. The third kappa shape index (κ3) is 4.92. The summed E-state index contributed by atoms with van der Waals surface area (Å²) < 4.78 is 6.16. The number of hydrogen-bond acceptors (Lipinski definition) is 2. The van der Waals surface area contributed by atoms with Crippen molar-refractivity contribution in [3.05, 3.63) is 0 Å². The van der Waals surface area contributed by atoms with Crippen LogP contribution in [0.25, 0.3) is 0 Å². The lowest BCUT2D eigenvalue weighted by molar-refractivity contribution is 0.280. The Morgan fingerprint density at radius 2 is 1.94 bits per heavy atom. The molecule has 0 saturated carbocycles. The van der Waals surface area contributed by atoms with Crippen LogP contribution < -0.4 is 0 Å². The molecule has 0 aromatic carbocycles. The maximum absolute atomic E-state index is 6.16. The van der Waals surface area contributed by atoms with E-state index in [-0.39, 0.29) is 0 Å². The van der Waals surface area contributed by atoms with E-state index in [0.29, 0.717) is 5.04 Å². The van der Waals surface area contributed by atoms with Crippen molar-refractivity contribution in [1.29, 1.82) is 0 Å². The minimum atomic E-state index is -1.52. The molecular formula is C14H29NOSi. The molecule has 0 fully saturated rings. The van der Waals surface area contributed by atoms with Crippen LogP contribution >= 0.6 is 0 Å². The first-order chi connectivity index (χ1) is 7.83. The SMILES string of the molecule is CC(C)(C)[Si](C)(C)OCCCCC1=NCCC1. The van der Waals surface area contributed by atoms with E-state index in [1.54, 1.807) is 0 Å². The molecule has 0 N–H and O–H groups in total. The Morgan fingerprint density at radius 1 is 1.24 bits per heavy atom. The Balaban J connectivity index is 2.11. The van der Waals surface area contributed by atoms with Gasteiger partial charge in [-0.2, -0.15) is 0 Å². The van der Waals surface area contributed by atoms with E-state index in [2.05, 4.69) is 38.9 Å². The predicted octanol–water partition coefficient (Wildman–Crippen LogP) is 4.41. The highest BCUT2D eigenvalue weighted by molar-refractivity contribution is 6.74. The Bertz CT molecular complexity index is 266. The van der Waals surface area contributed by atoms with E-state index < -0.39 is 8.32 Å². The van der Waals surface area contributed by atoms with Gasteiger partial charge >= 0.3 is 0 Å². The first kappa shape index (κ1) is 14.9. The second-order valence-corrected chi connectivity index (χ2v) is 11.4. The van der Waals surface area contributed by atoms with Gasteiger partial charge in [-0.25, -0.2) is 0 Å². The Labute approximate surface area is 108 Å². The molecule has 0 spiro atoms. The molecule has 0 aromatic rings. The third-order valence-corrected chi connectivity index (χ3v) is 8.63. The highest BCUT2D eigenvalue weighted by Crippen LogP contribution is 2.36. The fourth-order valence-electron chi connectivity index (χ4n) is 1.78. The van der Waals surface area contributed by atoms with Gasteiger partial charge in [0, 0.05) is 18.9 Å². The molecule has 0 atom stereocenters. The monoisotopic (exact) mass is 255 g/mol. The number of rotatable bonds is 6. The molecule has 0 aliphatic carbocycles. The first-order valence-corrected chi connectivity index (χ1v) is 9.90. The fourth-order valence-corrected chi connectivity index (χ4v) is 2.87. The molecular weight excluding hydrogens is 226 g/mol. The van der Waals surface area contributed by atoms with E-state index in [9.17, 15) is 0 Å². The van der Waals surface area contributed by atoms with E-state index in [1.807, 2.05) is 0 Å². The van der Waals surface area contributed by atoms with E-state index in [0.717, 1.165) is 13.2 Å². The summed E-state index contributed by atoms with van der Waals surface area (Å²) in [4.78, 5) is 4.51. The summed E-state index contributed by atoms with van der Waals surface area (Å²) >= 11 is 0. The van der Waals surface area contributed by atoms with Crippen LogP contribution in [0.2, 0.25) is 18.1 Å². The highest BCUT2D eigenvalue weighted by Gasteiger charge is 2.36. The number of aliphatic imine (C=N–C) groups is 1. The number of nitrogens with zero attached hydrogens (tertiary/aromatic N) is 1. The normalized spacial score (nSPS) is 17.4. The van der Waals surface area contributed by atoms with Crippen molar-refractivity contribution in [2.24, 2.45) is 4.99 Å². The van der Waals surface area contributed by atoms with Crippen LogP contribution in [0, 0.1) is 0 Å². The first-order valence-electron chi connectivity index (χ1n) is 6.99. The van der Waals surface area contributed by atoms with Crippen LogP contribution in [-0.2, 0) is 4.43 Å². The average molecular weight is 255 g/mol. The van der Waals surface area contributed by atoms with Crippen LogP contribution in [0.1, 0.15) is 52.9 Å². The summed E-state index contributed by atoms with van der Waals surface area (Å²) in [5.74, 6) is 0. The van der Waals surface area contributed by atoms with Crippen molar-refractivity contribution in [1.82, 2.24) is 0 Å². The fraction of sp³-hybridized carbons (Fsp3) is 0.929. The summed E-state index contributed by atoms with van der Waals surface area (Å²) in [6.07, 6.45) is 6.14. The zero-order valence-corrected chi connectivity index (χ0v) is 13.3. The molecule has 1 heterocycles.